The van der Waals surface area contributed by atoms with Crippen LogP contribution < -0.4 is 10.5 Å². The van der Waals surface area contributed by atoms with Crippen LogP contribution in [0.25, 0.3) is 0 Å². The van der Waals surface area contributed by atoms with Crippen molar-refractivity contribution in [2.45, 2.75) is 13.8 Å². The summed E-state index contributed by atoms with van der Waals surface area (Å²) >= 11 is 4.92. The molecule has 0 amide bonds. The third-order valence-electron chi connectivity index (χ3n) is 1.77. The molecule has 2 nitrogen and oxygen atoms in total. The van der Waals surface area contributed by atoms with Gasteiger partial charge in [0.05, 0.1) is 12.2 Å². The first-order valence-electron chi connectivity index (χ1n) is 4.19. The zero-order chi connectivity index (χ0) is 9.84. The number of rotatable bonds is 3. The highest BCUT2D eigenvalue weighted by Gasteiger charge is 2.07. The highest BCUT2D eigenvalue weighted by Crippen LogP contribution is 2.22. The molecule has 0 atom stereocenters. The number of para-hydroxylation sites is 1. The fourth-order valence-electron chi connectivity index (χ4n) is 1.18. The SMILES string of the molecule is CCOc1c(C)cccc1C(N)=S. The topological polar surface area (TPSA) is 35.2 Å². The molecule has 0 radical (unpaired) electrons. The van der Waals surface area contributed by atoms with Crippen LogP contribution in [0, 0.1) is 6.92 Å². The van der Waals surface area contributed by atoms with Gasteiger partial charge in [-0.25, -0.2) is 0 Å². The summed E-state index contributed by atoms with van der Waals surface area (Å²) in [6, 6.07) is 5.78. The van der Waals surface area contributed by atoms with Crippen LogP contribution in [0.4, 0.5) is 0 Å². The van der Waals surface area contributed by atoms with E-state index in [9.17, 15) is 0 Å². The average Bonchev–Trinajstić information content (AvgIpc) is 2.08. The van der Waals surface area contributed by atoms with Crippen LogP contribution in [0.5, 0.6) is 5.75 Å². The molecule has 0 spiro atoms. The van der Waals surface area contributed by atoms with Crippen molar-refractivity contribution in [1.29, 1.82) is 0 Å². The number of nitrogens with two attached hydrogens (primary N) is 1. The Kier molecular flexibility index (Phi) is 3.25. The lowest BCUT2D eigenvalue weighted by molar-refractivity contribution is 0.337. The molecule has 0 aliphatic heterocycles. The molecule has 70 valence electrons. The van der Waals surface area contributed by atoms with Gasteiger partial charge in [0, 0.05) is 0 Å². The third kappa shape index (κ3) is 2.18. The zero-order valence-electron chi connectivity index (χ0n) is 7.83. The molecule has 0 aromatic heterocycles. The molecular weight excluding hydrogens is 182 g/mol. The van der Waals surface area contributed by atoms with Crippen LogP contribution in [0.2, 0.25) is 0 Å². The van der Waals surface area contributed by atoms with Crippen molar-refractivity contribution >= 4 is 17.2 Å². The highest BCUT2D eigenvalue weighted by atomic mass is 32.1. The number of aryl methyl sites for hydroxylation is 1. The minimum absolute atomic E-state index is 0.382. The maximum absolute atomic E-state index is 5.57. The van der Waals surface area contributed by atoms with Crippen molar-refractivity contribution in [3.8, 4) is 5.75 Å². The molecule has 2 N–H and O–H groups in total. The highest BCUT2D eigenvalue weighted by molar-refractivity contribution is 7.80. The van der Waals surface area contributed by atoms with Crippen LogP contribution in [0.1, 0.15) is 18.1 Å². The Morgan fingerprint density at radius 3 is 2.77 bits per heavy atom. The van der Waals surface area contributed by atoms with Gasteiger partial charge in [-0.15, -0.1) is 0 Å². The summed E-state index contributed by atoms with van der Waals surface area (Å²) in [5.41, 5.74) is 7.44. The van der Waals surface area contributed by atoms with Crippen LogP contribution in [-0.2, 0) is 0 Å². The molecule has 13 heavy (non-hydrogen) atoms. The van der Waals surface area contributed by atoms with Gasteiger partial charge in [-0.1, -0.05) is 24.4 Å². The van der Waals surface area contributed by atoms with Crippen molar-refractivity contribution in [1.82, 2.24) is 0 Å². The van der Waals surface area contributed by atoms with E-state index in [4.69, 9.17) is 22.7 Å². The van der Waals surface area contributed by atoms with Gasteiger partial charge >= 0.3 is 0 Å². The van der Waals surface area contributed by atoms with E-state index >= 15 is 0 Å². The molecule has 0 heterocycles. The maximum Gasteiger partial charge on any atom is 0.132 e. The predicted octanol–water partition coefficient (Wildman–Crippen LogP) is 2.03. The molecule has 0 aliphatic rings. The van der Waals surface area contributed by atoms with Crippen LogP contribution in [0.3, 0.4) is 0 Å². The van der Waals surface area contributed by atoms with Crippen LogP contribution in [0.15, 0.2) is 18.2 Å². The average molecular weight is 195 g/mol. The normalized spacial score (nSPS) is 9.69. The van der Waals surface area contributed by atoms with Crippen LogP contribution in [-0.4, -0.2) is 11.6 Å². The lowest BCUT2D eigenvalue weighted by atomic mass is 10.1. The van der Waals surface area contributed by atoms with Crippen LogP contribution >= 0.6 is 12.2 Å². The fourth-order valence-corrected chi connectivity index (χ4v) is 1.34. The van der Waals surface area contributed by atoms with Crippen molar-refractivity contribution < 1.29 is 4.74 Å². The number of thiocarbonyl (C=S) groups is 1. The van der Waals surface area contributed by atoms with Gasteiger partial charge in [0.1, 0.15) is 10.7 Å². The van der Waals surface area contributed by atoms with Gasteiger partial charge in [0.25, 0.3) is 0 Å². The van der Waals surface area contributed by atoms with E-state index in [-0.39, 0.29) is 0 Å². The molecule has 0 bridgehead atoms. The van der Waals surface area contributed by atoms with Gasteiger partial charge in [0.2, 0.25) is 0 Å². The Bertz CT molecular complexity index is 323. The number of ether oxygens (including phenoxy) is 1. The Labute approximate surface area is 83.7 Å². The molecule has 0 fully saturated rings. The largest absolute Gasteiger partial charge is 0.493 e. The van der Waals surface area contributed by atoms with E-state index in [2.05, 4.69) is 0 Å². The summed E-state index contributed by atoms with van der Waals surface area (Å²) in [5.74, 6) is 0.803. The van der Waals surface area contributed by atoms with Gasteiger partial charge in [-0.05, 0) is 25.5 Å². The summed E-state index contributed by atoms with van der Waals surface area (Å²) in [5, 5.41) is 0. The summed E-state index contributed by atoms with van der Waals surface area (Å²) in [4.78, 5) is 0.382. The Hall–Kier alpha value is -1.09. The number of hydrogen-bond donors (Lipinski definition) is 1. The van der Waals surface area contributed by atoms with E-state index in [0.29, 0.717) is 11.6 Å². The molecule has 1 rings (SSSR count). The quantitative estimate of drug-likeness (QED) is 0.749. The molecule has 1 aromatic rings. The third-order valence-corrected chi connectivity index (χ3v) is 1.99. The van der Waals surface area contributed by atoms with E-state index < -0.39 is 0 Å². The standard InChI is InChI=1S/C10H13NOS/c1-3-12-9-7(2)5-4-6-8(9)10(11)13/h4-6H,3H2,1-2H3,(H2,11,13). The van der Waals surface area contributed by atoms with Crippen molar-refractivity contribution in [3.05, 3.63) is 29.3 Å². The van der Waals surface area contributed by atoms with E-state index in [1.54, 1.807) is 0 Å². The second kappa shape index (κ2) is 4.23. The second-order valence-corrected chi connectivity index (χ2v) is 3.19. The number of benzene rings is 1. The van der Waals surface area contributed by atoms with Gasteiger partial charge in [-0.2, -0.15) is 0 Å². The summed E-state index contributed by atoms with van der Waals surface area (Å²) < 4.78 is 5.46. The number of hydrogen-bond acceptors (Lipinski definition) is 2. The molecular formula is C10H13NOS. The van der Waals surface area contributed by atoms with Crippen molar-refractivity contribution in [2.75, 3.05) is 6.61 Å². The predicted molar refractivity (Wildman–Crippen MR) is 58.2 cm³/mol. The maximum atomic E-state index is 5.57. The first kappa shape index (κ1) is 9.99. The molecule has 0 saturated carbocycles. The summed E-state index contributed by atoms with van der Waals surface area (Å²) in [6.07, 6.45) is 0. The van der Waals surface area contributed by atoms with Crippen molar-refractivity contribution in [3.63, 3.8) is 0 Å². The first-order valence-corrected chi connectivity index (χ1v) is 4.59. The molecule has 0 saturated heterocycles. The minimum atomic E-state index is 0.382. The Morgan fingerprint density at radius 1 is 1.54 bits per heavy atom. The Morgan fingerprint density at radius 2 is 2.23 bits per heavy atom. The van der Waals surface area contributed by atoms with Gasteiger partial charge in [0.15, 0.2) is 0 Å². The first-order chi connectivity index (χ1) is 6.16. The van der Waals surface area contributed by atoms with E-state index in [0.717, 1.165) is 16.9 Å². The van der Waals surface area contributed by atoms with E-state index in [1.165, 1.54) is 0 Å². The smallest absolute Gasteiger partial charge is 0.132 e. The van der Waals surface area contributed by atoms with E-state index in [1.807, 2.05) is 32.0 Å². The van der Waals surface area contributed by atoms with Gasteiger partial charge < -0.3 is 10.5 Å². The summed E-state index contributed by atoms with van der Waals surface area (Å²) in [7, 11) is 0. The molecule has 1 aromatic carbocycles. The molecule has 3 heteroatoms. The van der Waals surface area contributed by atoms with Gasteiger partial charge in [-0.3, -0.25) is 0 Å². The Balaban J connectivity index is 3.17. The molecule has 0 aliphatic carbocycles. The lowest BCUT2D eigenvalue weighted by Crippen LogP contribution is -2.12. The molecule has 0 unspecified atom stereocenters. The summed E-state index contributed by atoms with van der Waals surface area (Å²) in [6.45, 7) is 4.54. The zero-order valence-corrected chi connectivity index (χ0v) is 8.65. The lowest BCUT2D eigenvalue weighted by Gasteiger charge is -2.11. The van der Waals surface area contributed by atoms with Crippen molar-refractivity contribution in [2.24, 2.45) is 5.73 Å². The minimum Gasteiger partial charge on any atom is -0.493 e. The second-order valence-electron chi connectivity index (χ2n) is 2.75. The monoisotopic (exact) mass is 195 g/mol. The fraction of sp³-hybridized carbons (Fsp3) is 0.300.